The summed E-state index contributed by atoms with van der Waals surface area (Å²) in [6.07, 6.45) is 2.06. The molecule has 0 saturated carbocycles. The lowest BCUT2D eigenvalue weighted by molar-refractivity contribution is -0.119. The Hall–Kier alpha value is -1.81. The van der Waals surface area contributed by atoms with Crippen LogP contribution < -0.4 is 4.90 Å². The summed E-state index contributed by atoms with van der Waals surface area (Å²) in [4.78, 5) is 27.6. The number of halogens is 3. The monoisotopic (exact) mass is 419 g/mol. The Kier molecular flexibility index (Phi) is 5.02. The van der Waals surface area contributed by atoms with E-state index in [4.69, 9.17) is 34.8 Å². The van der Waals surface area contributed by atoms with Crippen LogP contribution in [0.15, 0.2) is 53.7 Å². The molecule has 6 heteroatoms. The Morgan fingerprint density at radius 3 is 2.44 bits per heavy atom. The molecular weight excluding hydrogens is 405 g/mol. The Bertz CT molecular complexity index is 983. The molecule has 0 radical (unpaired) electrons. The minimum absolute atomic E-state index is 0.0855. The first kappa shape index (κ1) is 18.5. The lowest BCUT2D eigenvalue weighted by Gasteiger charge is -2.38. The third kappa shape index (κ3) is 3.40. The minimum Gasteiger partial charge on any atom is -0.294 e. The maximum atomic E-state index is 13.1. The van der Waals surface area contributed by atoms with E-state index in [1.54, 1.807) is 29.2 Å². The van der Waals surface area contributed by atoms with Crippen LogP contribution in [0.4, 0.5) is 5.69 Å². The lowest BCUT2D eigenvalue weighted by Crippen LogP contribution is -2.40. The molecule has 4 rings (SSSR count). The average molecular weight is 421 g/mol. The summed E-state index contributed by atoms with van der Waals surface area (Å²) < 4.78 is 0. The summed E-state index contributed by atoms with van der Waals surface area (Å²) in [5.74, 6) is -0.275. The van der Waals surface area contributed by atoms with Crippen molar-refractivity contribution in [1.82, 2.24) is 0 Å². The number of hydrogen-bond donors (Lipinski definition) is 0. The van der Waals surface area contributed by atoms with E-state index in [9.17, 15) is 9.59 Å². The van der Waals surface area contributed by atoms with Crippen molar-refractivity contribution in [2.75, 3.05) is 4.90 Å². The number of hydrogen-bond acceptors (Lipinski definition) is 2. The molecular formula is C21H16Cl3NO2. The number of anilines is 1. The predicted molar refractivity (Wildman–Crippen MR) is 109 cm³/mol. The first-order valence-corrected chi connectivity index (χ1v) is 9.89. The van der Waals surface area contributed by atoms with Gasteiger partial charge in [-0.2, -0.15) is 0 Å². The van der Waals surface area contributed by atoms with Gasteiger partial charge in [0, 0.05) is 40.1 Å². The minimum atomic E-state index is -0.277. The molecule has 27 heavy (non-hydrogen) atoms. The molecule has 0 N–H and O–H groups in total. The Morgan fingerprint density at radius 1 is 0.926 bits per heavy atom. The van der Waals surface area contributed by atoms with Crippen molar-refractivity contribution in [3.63, 3.8) is 0 Å². The number of carbonyl (C=O) groups excluding carboxylic acids is 2. The number of allylic oxidation sites excluding steroid dienone is 2. The van der Waals surface area contributed by atoms with Gasteiger partial charge in [-0.3, -0.25) is 14.5 Å². The number of amides is 1. The zero-order valence-corrected chi connectivity index (χ0v) is 16.6. The normalized spacial score (nSPS) is 20.1. The van der Waals surface area contributed by atoms with Crippen molar-refractivity contribution in [1.29, 1.82) is 0 Å². The standard InChI is InChI=1S/C21H16Cl3NO2/c22-13-4-1-3-12(9-13)15-11-20(27)25(17-8-7-14(23)10-16(17)24)18-5-2-6-19(26)21(15)18/h1,3-4,7-10,15H,2,5-6,11H2. The zero-order valence-electron chi connectivity index (χ0n) is 14.3. The Labute approximate surface area is 172 Å². The molecule has 0 bridgehead atoms. The molecule has 0 aromatic heterocycles. The quantitative estimate of drug-likeness (QED) is 0.582. The first-order valence-electron chi connectivity index (χ1n) is 8.75. The van der Waals surface area contributed by atoms with Crippen LogP contribution in [0, 0.1) is 0 Å². The summed E-state index contributed by atoms with van der Waals surface area (Å²) in [6.45, 7) is 0. The van der Waals surface area contributed by atoms with Crippen molar-refractivity contribution in [2.45, 2.75) is 31.6 Å². The number of Topliss-reactive ketones (excluding diaryl/α,β-unsaturated/α-hetero) is 1. The molecule has 0 fully saturated rings. The summed E-state index contributed by atoms with van der Waals surface area (Å²) >= 11 is 18.5. The van der Waals surface area contributed by atoms with Gasteiger partial charge in [-0.25, -0.2) is 0 Å². The molecule has 1 unspecified atom stereocenters. The van der Waals surface area contributed by atoms with Crippen LogP contribution in [0.25, 0.3) is 0 Å². The zero-order chi connectivity index (χ0) is 19.1. The van der Waals surface area contributed by atoms with Crippen LogP contribution in [0.2, 0.25) is 15.1 Å². The van der Waals surface area contributed by atoms with Crippen molar-refractivity contribution >= 4 is 52.2 Å². The van der Waals surface area contributed by atoms with Crippen LogP contribution in [0.1, 0.15) is 37.2 Å². The molecule has 2 aromatic carbocycles. The highest BCUT2D eigenvalue weighted by atomic mass is 35.5. The van der Waals surface area contributed by atoms with Crippen LogP contribution in [-0.2, 0) is 9.59 Å². The van der Waals surface area contributed by atoms with Gasteiger partial charge in [0.1, 0.15) is 0 Å². The molecule has 1 aliphatic carbocycles. The molecule has 0 saturated heterocycles. The molecule has 1 amide bonds. The van der Waals surface area contributed by atoms with Crippen molar-refractivity contribution in [2.24, 2.45) is 0 Å². The van der Waals surface area contributed by atoms with Gasteiger partial charge in [0.05, 0.1) is 10.7 Å². The van der Waals surface area contributed by atoms with Crippen LogP contribution in [0.5, 0.6) is 0 Å². The van der Waals surface area contributed by atoms with Gasteiger partial charge in [-0.15, -0.1) is 0 Å². The highest BCUT2D eigenvalue weighted by Crippen LogP contribution is 2.45. The third-order valence-corrected chi connectivity index (χ3v) is 5.85. The van der Waals surface area contributed by atoms with Crippen molar-refractivity contribution in [3.05, 3.63) is 74.4 Å². The van der Waals surface area contributed by atoms with E-state index in [0.717, 1.165) is 17.7 Å². The van der Waals surface area contributed by atoms with Crippen LogP contribution in [0.3, 0.4) is 0 Å². The molecule has 2 aromatic rings. The molecule has 3 nitrogen and oxygen atoms in total. The van der Waals surface area contributed by atoms with Crippen molar-refractivity contribution < 1.29 is 9.59 Å². The highest BCUT2D eigenvalue weighted by molar-refractivity contribution is 6.37. The summed E-state index contributed by atoms with van der Waals surface area (Å²) in [7, 11) is 0. The fourth-order valence-corrected chi connectivity index (χ4v) is 4.63. The fourth-order valence-electron chi connectivity index (χ4n) is 3.94. The third-order valence-electron chi connectivity index (χ3n) is 5.08. The second-order valence-electron chi connectivity index (χ2n) is 6.77. The molecule has 2 aliphatic rings. The van der Waals surface area contributed by atoms with Crippen LogP contribution >= 0.6 is 34.8 Å². The van der Waals surface area contributed by atoms with E-state index in [1.807, 2.05) is 18.2 Å². The number of rotatable bonds is 2. The van der Waals surface area contributed by atoms with Crippen molar-refractivity contribution in [3.8, 4) is 0 Å². The molecule has 1 atom stereocenters. The Morgan fingerprint density at radius 2 is 1.70 bits per heavy atom. The van der Waals surface area contributed by atoms with Gasteiger partial charge >= 0.3 is 0 Å². The summed E-state index contributed by atoms with van der Waals surface area (Å²) in [5.41, 5.74) is 2.91. The molecule has 0 spiro atoms. The van der Waals surface area contributed by atoms with E-state index in [1.165, 1.54) is 0 Å². The topological polar surface area (TPSA) is 37.4 Å². The largest absolute Gasteiger partial charge is 0.294 e. The lowest BCUT2D eigenvalue weighted by atomic mass is 9.77. The number of carbonyl (C=O) groups is 2. The second kappa shape index (κ2) is 7.31. The van der Waals surface area contributed by atoms with Gasteiger partial charge in [-0.05, 0) is 48.7 Å². The maximum absolute atomic E-state index is 13.1. The first-order chi connectivity index (χ1) is 13.0. The van der Waals surface area contributed by atoms with Gasteiger partial charge < -0.3 is 0 Å². The van der Waals surface area contributed by atoms with Gasteiger partial charge in [0.25, 0.3) is 0 Å². The summed E-state index contributed by atoms with van der Waals surface area (Å²) in [5, 5.41) is 1.48. The van der Waals surface area contributed by atoms with Crippen LogP contribution in [-0.4, -0.2) is 11.7 Å². The average Bonchev–Trinajstić information content (AvgIpc) is 2.62. The van der Waals surface area contributed by atoms with E-state index >= 15 is 0 Å². The van der Waals surface area contributed by atoms with Gasteiger partial charge in [0.15, 0.2) is 5.78 Å². The highest BCUT2D eigenvalue weighted by Gasteiger charge is 2.40. The Balaban J connectivity index is 1.88. The molecule has 1 aliphatic heterocycles. The summed E-state index contributed by atoms with van der Waals surface area (Å²) in [6, 6.07) is 12.4. The van der Waals surface area contributed by atoms with Gasteiger partial charge in [0.2, 0.25) is 5.91 Å². The van der Waals surface area contributed by atoms with E-state index < -0.39 is 0 Å². The molecule has 138 valence electrons. The van der Waals surface area contributed by atoms with E-state index in [0.29, 0.717) is 39.2 Å². The molecule has 1 heterocycles. The van der Waals surface area contributed by atoms with E-state index in [-0.39, 0.29) is 24.0 Å². The number of benzene rings is 2. The van der Waals surface area contributed by atoms with Gasteiger partial charge in [-0.1, -0.05) is 46.9 Å². The van der Waals surface area contributed by atoms with E-state index in [2.05, 4.69) is 0 Å². The number of ketones is 1. The number of nitrogens with zero attached hydrogens (tertiary/aromatic N) is 1. The predicted octanol–water partition coefficient (Wildman–Crippen LogP) is 6.17. The maximum Gasteiger partial charge on any atom is 0.232 e. The smallest absolute Gasteiger partial charge is 0.232 e. The SMILES string of the molecule is O=C1CCCC2=C1C(c1cccc(Cl)c1)CC(=O)N2c1ccc(Cl)cc1Cl. The second-order valence-corrected chi connectivity index (χ2v) is 8.05. The fraction of sp³-hybridized carbons (Fsp3) is 0.238.